The Bertz CT molecular complexity index is 306. The molecule has 4 heteroatoms. The molecule has 0 N–H and O–H groups in total. The van der Waals surface area contributed by atoms with E-state index in [9.17, 15) is 4.79 Å². The molecular formula is C8H11ClN2O. The van der Waals surface area contributed by atoms with Gasteiger partial charge in [-0.15, -0.1) is 0 Å². The van der Waals surface area contributed by atoms with E-state index in [1.165, 1.54) is 0 Å². The van der Waals surface area contributed by atoms with Crippen LogP contribution in [0.5, 0.6) is 0 Å². The Morgan fingerprint density at radius 3 is 2.58 bits per heavy atom. The summed E-state index contributed by atoms with van der Waals surface area (Å²) in [6.45, 7) is 5.51. The molecule has 0 aliphatic rings. The van der Waals surface area contributed by atoms with Crippen LogP contribution in [0.25, 0.3) is 0 Å². The first-order chi connectivity index (χ1) is 5.52. The van der Waals surface area contributed by atoms with E-state index >= 15 is 0 Å². The van der Waals surface area contributed by atoms with Crippen molar-refractivity contribution in [2.45, 2.75) is 26.8 Å². The van der Waals surface area contributed by atoms with Crippen LogP contribution in [0.15, 0.2) is 6.07 Å². The van der Waals surface area contributed by atoms with Crippen LogP contribution in [0.4, 0.5) is 0 Å². The van der Waals surface area contributed by atoms with E-state index in [0.29, 0.717) is 0 Å². The fourth-order valence-electron chi connectivity index (χ4n) is 1.13. The molecule has 0 aromatic carbocycles. The van der Waals surface area contributed by atoms with E-state index < -0.39 is 0 Å². The van der Waals surface area contributed by atoms with Crippen molar-refractivity contribution in [1.29, 1.82) is 0 Å². The van der Waals surface area contributed by atoms with Gasteiger partial charge in [0.1, 0.15) is 6.04 Å². The third-order valence-corrected chi connectivity index (χ3v) is 2.06. The summed E-state index contributed by atoms with van der Waals surface area (Å²) >= 11 is 5.34. The van der Waals surface area contributed by atoms with Crippen LogP contribution in [-0.4, -0.2) is 15.0 Å². The minimum atomic E-state index is -0.388. The second-order valence-electron chi connectivity index (χ2n) is 2.85. The predicted octanol–water partition coefficient (Wildman–Crippen LogP) is 1.83. The van der Waals surface area contributed by atoms with Crippen molar-refractivity contribution in [3.63, 3.8) is 0 Å². The maximum atomic E-state index is 10.8. The van der Waals surface area contributed by atoms with Crippen LogP contribution in [0.1, 0.15) is 24.4 Å². The van der Waals surface area contributed by atoms with Crippen LogP contribution in [0.2, 0.25) is 0 Å². The number of hydrogen-bond donors (Lipinski definition) is 0. The van der Waals surface area contributed by atoms with Crippen molar-refractivity contribution < 1.29 is 4.79 Å². The van der Waals surface area contributed by atoms with Crippen molar-refractivity contribution in [3.05, 3.63) is 17.5 Å². The summed E-state index contributed by atoms with van der Waals surface area (Å²) in [5, 5.41) is 3.76. The Kier molecular flexibility index (Phi) is 2.52. The van der Waals surface area contributed by atoms with Gasteiger partial charge in [0.2, 0.25) is 5.24 Å². The van der Waals surface area contributed by atoms with E-state index in [4.69, 9.17) is 11.6 Å². The first kappa shape index (κ1) is 9.26. The molecule has 0 radical (unpaired) electrons. The second-order valence-corrected chi connectivity index (χ2v) is 3.22. The summed E-state index contributed by atoms with van der Waals surface area (Å²) in [5.74, 6) is 0. The predicted molar refractivity (Wildman–Crippen MR) is 47.3 cm³/mol. The summed E-state index contributed by atoms with van der Waals surface area (Å²) in [6.07, 6.45) is 0. The monoisotopic (exact) mass is 186 g/mol. The van der Waals surface area contributed by atoms with E-state index in [1.807, 2.05) is 19.9 Å². The van der Waals surface area contributed by atoms with Gasteiger partial charge in [0, 0.05) is 5.69 Å². The molecule has 1 aromatic rings. The number of aryl methyl sites for hydroxylation is 2. The Balaban J connectivity index is 3.02. The summed E-state index contributed by atoms with van der Waals surface area (Å²) < 4.78 is 1.63. The highest BCUT2D eigenvalue weighted by Gasteiger charge is 2.14. The minimum Gasteiger partial charge on any atom is -0.279 e. The summed E-state index contributed by atoms with van der Waals surface area (Å²) in [5.41, 5.74) is 1.85. The molecule has 1 atom stereocenters. The lowest BCUT2D eigenvalue weighted by atomic mass is 10.3. The number of rotatable bonds is 2. The number of aromatic nitrogens is 2. The van der Waals surface area contributed by atoms with Gasteiger partial charge >= 0.3 is 0 Å². The molecule has 0 amide bonds. The Hall–Kier alpha value is -0.830. The van der Waals surface area contributed by atoms with E-state index in [0.717, 1.165) is 11.4 Å². The van der Waals surface area contributed by atoms with Crippen molar-refractivity contribution in [2.75, 3.05) is 0 Å². The highest BCUT2D eigenvalue weighted by Crippen LogP contribution is 2.12. The van der Waals surface area contributed by atoms with Crippen LogP contribution < -0.4 is 0 Å². The van der Waals surface area contributed by atoms with Gasteiger partial charge in [0.05, 0.1) is 5.69 Å². The van der Waals surface area contributed by atoms with Gasteiger partial charge in [-0.1, -0.05) is 0 Å². The van der Waals surface area contributed by atoms with E-state index in [1.54, 1.807) is 11.6 Å². The summed E-state index contributed by atoms with van der Waals surface area (Å²) in [7, 11) is 0. The lowest BCUT2D eigenvalue weighted by Crippen LogP contribution is -2.14. The molecule has 3 nitrogen and oxygen atoms in total. The van der Waals surface area contributed by atoms with Crippen LogP contribution in [0.3, 0.4) is 0 Å². The van der Waals surface area contributed by atoms with Gasteiger partial charge in [0.25, 0.3) is 0 Å². The first-order valence-corrected chi connectivity index (χ1v) is 4.12. The van der Waals surface area contributed by atoms with Crippen molar-refractivity contribution >= 4 is 16.8 Å². The molecule has 0 bridgehead atoms. The number of halogens is 1. The highest BCUT2D eigenvalue weighted by molar-refractivity contribution is 6.64. The molecule has 0 fully saturated rings. The number of carbonyl (C=O) groups excluding carboxylic acids is 1. The Morgan fingerprint density at radius 1 is 1.67 bits per heavy atom. The lowest BCUT2D eigenvalue weighted by molar-refractivity contribution is -0.114. The van der Waals surface area contributed by atoms with E-state index in [2.05, 4.69) is 5.10 Å². The third kappa shape index (κ3) is 1.67. The molecule has 12 heavy (non-hydrogen) atoms. The second kappa shape index (κ2) is 3.27. The van der Waals surface area contributed by atoms with Crippen molar-refractivity contribution in [2.24, 2.45) is 0 Å². The number of hydrogen-bond acceptors (Lipinski definition) is 2. The molecule has 0 spiro atoms. The van der Waals surface area contributed by atoms with Crippen LogP contribution in [0, 0.1) is 13.8 Å². The largest absolute Gasteiger partial charge is 0.279 e. The molecular weight excluding hydrogens is 176 g/mol. The quantitative estimate of drug-likeness (QED) is 0.661. The number of nitrogens with zero attached hydrogens (tertiary/aromatic N) is 2. The maximum absolute atomic E-state index is 10.8. The molecule has 0 saturated heterocycles. The zero-order valence-electron chi connectivity index (χ0n) is 7.34. The van der Waals surface area contributed by atoms with Crippen molar-refractivity contribution in [3.8, 4) is 0 Å². The average Bonchev–Trinajstić information content (AvgIpc) is 2.28. The SMILES string of the molecule is Cc1cc(C)n(C(C)C(=O)Cl)n1. The Morgan fingerprint density at radius 2 is 2.25 bits per heavy atom. The zero-order chi connectivity index (χ0) is 9.30. The molecule has 0 aliphatic carbocycles. The smallest absolute Gasteiger partial charge is 0.245 e. The fourth-order valence-corrected chi connectivity index (χ4v) is 1.23. The van der Waals surface area contributed by atoms with Gasteiger partial charge in [-0.3, -0.25) is 9.48 Å². The van der Waals surface area contributed by atoms with Crippen LogP contribution in [-0.2, 0) is 4.79 Å². The van der Waals surface area contributed by atoms with Gasteiger partial charge in [0.15, 0.2) is 0 Å². The van der Waals surface area contributed by atoms with E-state index in [-0.39, 0.29) is 11.3 Å². The van der Waals surface area contributed by atoms with Gasteiger partial charge in [-0.25, -0.2) is 0 Å². The molecule has 1 heterocycles. The molecule has 1 rings (SSSR count). The minimum absolute atomic E-state index is 0.375. The fraction of sp³-hybridized carbons (Fsp3) is 0.500. The lowest BCUT2D eigenvalue weighted by Gasteiger charge is -2.08. The summed E-state index contributed by atoms with van der Waals surface area (Å²) in [6, 6.07) is 1.54. The first-order valence-electron chi connectivity index (χ1n) is 3.74. The normalized spacial score (nSPS) is 13.0. The Labute approximate surface area is 76.3 Å². The standard InChI is InChI=1S/C8H11ClN2O/c1-5-4-6(2)11(10-5)7(3)8(9)12/h4,7H,1-3H3. The van der Waals surface area contributed by atoms with Crippen molar-refractivity contribution in [1.82, 2.24) is 9.78 Å². The van der Waals surface area contributed by atoms with Crippen LogP contribution >= 0.6 is 11.6 Å². The van der Waals surface area contributed by atoms with Gasteiger partial charge < -0.3 is 0 Å². The molecule has 1 aromatic heterocycles. The molecule has 1 unspecified atom stereocenters. The molecule has 66 valence electrons. The number of carbonyl (C=O) groups is 1. The summed E-state index contributed by atoms with van der Waals surface area (Å²) in [4.78, 5) is 10.8. The zero-order valence-corrected chi connectivity index (χ0v) is 8.09. The molecule has 0 aliphatic heterocycles. The molecule has 0 saturated carbocycles. The third-order valence-electron chi connectivity index (χ3n) is 1.74. The topological polar surface area (TPSA) is 34.9 Å². The maximum Gasteiger partial charge on any atom is 0.245 e. The van der Waals surface area contributed by atoms with Gasteiger partial charge in [-0.05, 0) is 38.4 Å². The average molecular weight is 187 g/mol. The van der Waals surface area contributed by atoms with Gasteiger partial charge in [-0.2, -0.15) is 5.10 Å². The highest BCUT2D eigenvalue weighted by atomic mass is 35.5.